The summed E-state index contributed by atoms with van der Waals surface area (Å²) in [5.41, 5.74) is 2.17. The highest BCUT2D eigenvalue weighted by atomic mass is 35.5. The van der Waals surface area contributed by atoms with Crippen LogP contribution in [0.25, 0.3) is 5.78 Å². The first kappa shape index (κ1) is 14.3. The van der Waals surface area contributed by atoms with Crippen LogP contribution in [0.15, 0.2) is 30.6 Å². The molecule has 0 fully saturated rings. The number of hydrogen-bond donors (Lipinski definition) is 1. The molecule has 0 saturated heterocycles. The average molecular weight is 313 g/mol. The van der Waals surface area contributed by atoms with Crippen LogP contribution in [-0.2, 0) is 6.42 Å². The van der Waals surface area contributed by atoms with E-state index in [0.29, 0.717) is 16.4 Å². The predicted molar refractivity (Wildman–Crippen MR) is 84.2 cm³/mol. The second-order valence-electron chi connectivity index (χ2n) is 4.79. The molecule has 0 atom stereocenters. The highest BCUT2D eigenvalue weighted by Gasteiger charge is 2.08. The summed E-state index contributed by atoms with van der Waals surface area (Å²) in [4.78, 5) is 8.59. The molecule has 0 radical (unpaired) electrons. The molecule has 0 aliphatic carbocycles. The van der Waals surface area contributed by atoms with Crippen molar-refractivity contribution in [2.45, 2.75) is 19.8 Å². The largest absolute Gasteiger partial charge is 0.340 e. The number of hydrogen-bond acceptors (Lipinski definition) is 5. The highest BCUT2D eigenvalue weighted by molar-refractivity contribution is 6.32. The van der Waals surface area contributed by atoms with Crippen molar-refractivity contribution in [1.82, 2.24) is 19.6 Å². The Labute approximate surface area is 132 Å². The molecule has 2 aromatic heterocycles. The van der Waals surface area contributed by atoms with Gasteiger partial charge in [-0.25, -0.2) is 4.98 Å². The van der Waals surface area contributed by atoms with Gasteiger partial charge in [-0.3, -0.25) is 0 Å². The molecule has 0 saturated carbocycles. The minimum absolute atomic E-state index is 0.408. The maximum atomic E-state index is 8.92. The molecule has 6 nitrogen and oxygen atoms in total. The van der Waals surface area contributed by atoms with Crippen molar-refractivity contribution >= 4 is 28.9 Å². The average Bonchev–Trinajstić information content (AvgIpc) is 2.96. The van der Waals surface area contributed by atoms with Gasteiger partial charge in [-0.05, 0) is 24.6 Å². The molecule has 3 aromatic rings. The van der Waals surface area contributed by atoms with Crippen molar-refractivity contribution in [3.8, 4) is 6.07 Å². The van der Waals surface area contributed by atoms with Crippen LogP contribution in [0.1, 0.15) is 24.6 Å². The van der Waals surface area contributed by atoms with E-state index in [9.17, 15) is 0 Å². The quantitative estimate of drug-likeness (QED) is 0.799. The maximum absolute atomic E-state index is 8.92. The van der Waals surface area contributed by atoms with E-state index >= 15 is 0 Å². The summed E-state index contributed by atoms with van der Waals surface area (Å²) >= 11 is 6.06. The number of rotatable bonds is 4. The van der Waals surface area contributed by atoms with E-state index in [1.165, 1.54) is 6.33 Å². The Bertz CT molecular complexity index is 864. The Morgan fingerprint density at radius 1 is 1.36 bits per heavy atom. The number of nitrogens with zero attached hydrogens (tertiary/aromatic N) is 5. The van der Waals surface area contributed by atoms with Crippen molar-refractivity contribution in [2.24, 2.45) is 0 Å². The zero-order valence-electron chi connectivity index (χ0n) is 11.9. The van der Waals surface area contributed by atoms with E-state index in [1.807, 2.05) is 12.1 Å². The van der Waals surface area contributed by atoms with E-state index in [0.717, 1.165) is 30.0 Å². The molecule has 0 unspecified atom stereocenters. The number of fused-ring (bicyclic) bond motifs is 1. The van der Waals surface area contributed by atoms with Gasteiger partial charge in [-0.15, -0.1) is 0 Å². The van der Waals surface area contributed by atoms with Crippen molar-refractivity contribution in [3.63, 3.8) is 0 Å². The van der Waals surface area contributed by atoms with Crippen LogP contribution in [0.4, 0.5) is 11.5 Å². The van der Waals surface area contributed by atoms with Crippen molar-refractivity contribution in [3.05, 3.63) is 46.9 Å². The lowest BCUT2D eigenvalue weighted by Crippen LogP contribution is -2.04. The molecule has 7 heteroatoms. The van der Waals surface area contributed by atoms with E-state index in [2.05, 4.69) is 27.3 Å². The Morgan fingerprint density at radius 3 is 2.95 bits per heavy atom. The molecule has 1 N–H and O–H groups in total. The number of benzene rings is 1. The van der Waals surface area contributed by atoms with Crippen LogP contribution in [0.3, 0.4) is 0 Å². The van der Waals surface area contributed by atoms with Crippen molar-refractivity contribution in [2.75, 3.05) is 5.32 Å². The summed E-state index contributed by atoms with van der Waals surface area (Å²) in [6.07, 6.45) is 3.33. The van der Waals surface area contributed by atoms with Gasteiger partial charge in [0.15, 0.2) is 0 Å². The molecule has 110 valence electrons. The van der Waals surface area contributed by atoms with Gasteiger partial charge < -0.3 is 5.32 Å². The van der Waals surface area contributed by atoms with Crippen LogP contribution in [0.2, 0.25) is 5.02 Å². The minimum atomic E-state index is 0.408. The van der Waals surface area contributed by atoms with Gasteiger partial charge in [0.25, 0.3) is 5.78 Å². The second kappa shape index (κ2) is 6.00. The van der Waals surface area contributed by atoms with E-state index in [4.69, 9.17) is 16.9 Å². The first-order valence-electron chi connectivity index (χ1n) is 6.87. The zero-order chi connectivity index (χ0) is 15.5. The summed E-state index contributed by atoms with van der Waals surface area (Å²) in [7, 11) is 0. The van der Waals surface area contributed by atoms with Gasteiger partial charge in [0, 0.05) is 17.4 Å². The summed E-state index contributed by atoms with van der Waals surface area (Å²) in [5, 5.41) is 16.7. The van der Waals surface area contributed by atoms with Crippen LogP contribution in [0, 0.1) is 11.3 Å². The summed E-state index contributed by atoms with van der Waals surface area (Å²) in [6, 6.07) is 9.17. The smallest absolute Gasteiger partial charge is 0.254 e. The lowest BCUT2D eigenvalue weighted by atomic mass is 10.2. The third-order valence-corrected chi connectivity index (χ3v) is 3.49. The molecule has 3 rings (SSSR count). The fourth-order valence-electron chi connectivity index (χ4n) is 2.17. The standard InChI is InChI=1S/C15H13ClN6/c1-2-3-11-7-14(22-15(21-11)18-9-19-22)20-12-5-4-10(8-17)13(16)6-12/h4-7,9,20H,2-3H2,1H3. The second-order valence-corrected chi connectivity index (χ2v) is 5.19. The number of aryl methyl sites for hydroxylation is 1. The number of nitrogens with one attached hydrogen (secondary N) is 1. The fraction of sp³-hybridized carbons (Fsp3) is 0.200. The normalized spacial score (nSPS) is 10.6. The molecule has 1 aromatic carbocycles. The number of aromatic nitrogens is 4. The van der Waals surface area contributed by atoms with E-state index < -0.39 is 0 Å². The molecule has 0 spiro atoms. The Hall–Kier alpha value is -2.65. The van der Waals surface area contributed by atoms with Crippen LogP contribution in [-0.4, -0.2) is 19.6 Å². The Kier molecular flexibility index (Phi) is 3.90. The van der Waals surface area contributed by atoms with E-state index in [1.54, 1.807) is 22.7 Å². The minimum Gasteiger partial charge on any atom is -0.340 e. The molecule has 0 bridgehead atoms. The van der Waals surface area contributed by atoms with E-state index in [-0.39, 0.29) is 0 Å². The summed E-state index contributed by atoms with van der Waals surface area (Å²) < 4.78 is 1.63. The Balaban J connectivity index is 2.01. The summed E-state index contributed by atoms with van der Waals surface area (Å²) in [5.74, 6) is 1.31. The van der Waals surface area contributed by atoms with Gasteiger partial charge in [-0.2, -0.15) is 19.9 Å². The molecule has 0 aliphatic rings. The maximum Gasteiger partial charge on any atom is 0.254 e. The molecule has 22 heavy (non-hydrogen) atoms. The lowest BCUT2D eigenvalue weighted by molar-refractivity contribution is 0.860. The number of nitriles is 1. The van der Waals surface area contributed by atoms with Crippen LogP contribution in [0.5, 0.6) is 0 Å². The third kappa shape index (κ3) is 2.71. The van der Waals surface area contributed by atoms with Gasteiger partial charge in [0.1, 0.15) is 18.2 Å². The third-order valence-electron chi connectivity index (χ3n) is 3.17. The SMILES string of the molecule is CCCc1cc(Nc2ccc(C#N)c(Cl)c2)n2ncnc2n1. The highest BCUT2D eigenvalue weighted by Crippen LogP contribution is 2.23. The number of halogens is 1. The van der Waals surface area contributed by atoms with Gasteiger partial charge in [0.2, 0.25) is 0 Å². The molecular formula is C15H13ClN6. The van der Waals surface area contributed by atoms with Gasteiger partial charge in [-0.1, -0.05) is 24.9 Å². The molecule has 0 amide bonds. The number of anilines is 2. The van der Waals surface area contributed by atoms with Gasteiger partial charge >= 0.3 is 0 Å². The fourth-order valence-corrected chi connectivity index (χ4v) is 2.39. The first-order valence-corrected chi connectivity index (χ1v) is 7.25. The summed E-state index contributed by atoms with van der Waals surface area (Å²) in [6.45, 7) is 2.10. The lowest BCUT2D eigenvalue weighted by Gasteiger charge is -2.10. The van der Waals surface area contributed by atoms with Crippen LogP contribution < -0.4 is 5.32 Å². The monoisotopic (exact) mass is 312 g/mol. The van der Waals surface area contributed by atoms with Crippen LogP contribution >= 0.6 is 11.6 Å². The van der Waals surface area contributed by atoms with Crippen molar-refractivity contribution in [1.29, 1.82) is 5.26 Å². The topological polar surface area (TPSA) is 78.9 Å². The molecule has 0 aliphatic heterocycles. The van der Waals surface area contributed by atoms with Crippen molar-refractivity contribution < 1.29 is 0 Å². The Morgan fingerprint density at radius 2 is 2.23 bits per heavy atom. The molecular weight excluding hydrogens is 300 g/mol. The first-order chi connectivity index (χ1) is 10.7. The van der Waals surface area contributed by atoms with Gasteiger partial charge in [0.05, 0.1) is 10.6 Å². The predicted octanol–water partition coefficient (Wildman–Crippen LogP) is 3.35. The molecule has 2 heterocycles. The zero-order valence-corrected chi connectivity index (χ0v) is 12.7.